The van der Waals surface area contributed by atoms with Crippen molar-refractivity contribution in [2.75, 3.05) is 44.9 Å². The number of rotatable bonds is 9. The highest BCUT2D eigenvalue weighted by molar-refractivity contribution is 7.90. The molecule has 1 aliphatic heterocycles. The van der Waals surface area contributed by atoms with Crippen LogP contribution in [-0.4, -0.2) is 75.7 Å². The summed E-state index contributed by atoms with van der Waals surface area (Å²) in [5.41, 5.74) is 1.92. The first-order chi connectivity index (χ1) is 16.2. The Balaban J connectivity index is 1.65. The van der Waals surface area contributed by atoms with E-state index in [1.165, 1.54) is 13.2 Å². The number of amides is 2. The summed E-state index contributed by atoms with van der Waals surface area (Å²) < 4.78 is 29.5. The fraction of sp³-hybridized carbons (Fsp3) is 0.440. The Morgan fingerprint density at radius 3 is 2.47 bits per heavy atom. The van der Waals surface area contributed by atoms with Gasteiger partial charge in [-0.05, 0) is 43.5 Å². The van der Waals surface area contributed by atoms with Crippen LogP contribution in [0, 0.1) is 0 Å². The third-order valence-electron chi connectivity index (χ3n) is 6.08. The number of hydrogen-bond donors (Lipinski definition) is 1. The number of piperidine rings is 1. The summed E-state index contributed by atoms with van der Waals surface area (Å²) in [7, 11) is -1.69. The lowest BCUT2D eigenvalue weighted by atomic mass is 10.0. The molecular formula is C25H33N3O5S. The molecule has 9 heteroatoms. The van der Waals surface area contributed by atoms with Crippen molar-refractivity contribution in [3.8, 4) is 0 Å². The predicted molar refractivity (Wildman–Crippen MR) is 132 cm³/mol. The van der Waals surface area contributed by atoms with E-state index in [0.717, 1.165) is 31.5 Å². The van der Waals surface area contributed by atoms with E-state index in [1.807, 2.05) is 12.1 Å². The van der Waals surface area contributed by atoms with Gasteiger partial charge in [0, 0.05) is 56.8 Å². The van der Waals surface area contributed by atoms with Crippen LogP contribution in [0.3, 0.4) is 0 Å². The van der Waals surface area contributed by atoms with Gasteiger partial charge in [0.25, 0.3) is 0 Å². The number of ether oxygens (including phenoxy) is 1. The third kappa shape index (κ3) is 6.88. The molecule has 3 rings (SSSR count). The van der Waals surface area contributed by atoms with Crippen LogP contribution in [0.15, 0.2) is 53.4 Å². The molecule has 0 aromatic heterocycles. The van der Waals surface area contributed by atoms with Crippen LogP contribution in [-0.2, 0) is 21.1 Å². The summed E-state index contributed by atoms with van der Waals surface area (Å²) in [5.74, 6) is -0.0582. The first-order valence-electron chi connectivity index (χ1n) is 11.4. The van der Waals surface area contributed by atoms with E-state index in [0.29, 0.717) is 35.8 Å². The molecule has 0 radical (unpaired) electrons. The molecule has 1 aliphatic rings. The number of nitrogens with zero attached hydrogens (tertiary/aromatic N) is 2. The highest BCUT2D eigenvalue weighted by Gasteiger charge is 2.28. The Hall–Kier alpha value is -2.75. The van der Waals surface area contributed by atoms with Gasteiger partial charge in [0.05, 0.1) is 11.5 Å². The molecular weight excluding hydrogens is 454 g/mol. The monoisotopic (exact) mass is 487 g/mol. The fourth-order valence-corrected chi connectivity index (χ4v) is 5.21. The topological polar surface area (TPSA) is 96.0 Å². The zero-order chi connectivity index (χ0) is 24.7. The fourth-order valence-electron chi connectivity index (χ4n) is 4.28. The van der Waals surface area contributed by atoms with Crippen molar-refractivity contribution >= 4 is 27.3 Å². The Bertz CT molecular complexity index is 1110. The number of sulfone groups is 1. The zero-order valence-electron chi connectivity index (χ0n) is 20.0. The molecule has 2 aromatic carbocycles. The molecule has 1 fully saturated rings. The number of nitrogens with one attached hydrogen (secondary N) is 1. The molecule has 0 spiro atoms. The number of carbonyl (C=O) groups excluding carboxylic acids is 2. The summed E-state index contributed by atoms with van der Waals surface area (Å²) >= 11 is 0. The summed E-state index contributed by atoms with van der Waals surface area (Å²) in [6.45, 7) is 4.42. The van der Waals surface area contributed by atoms with Crippen LogP contribution in [0.25, 0.3) is 0 Å². The predicted octanol–water partition coefficient (Wildman–Crippen LogP) is 3.44. The van der Waals surface area contributed by atoms with Gasteiger partial charge in [-0.15, -0.1) is 0 Å². The van der Waals surface area contributed by atoms with Gasteiger partial charge in [-0.25, -0.2) is 13.2 Å². The Morgan fingerprint density at radius 2 is 1.82 bits per heavy atom. The second-order valence-corrected chi connectivity index (χ2v) is 10.6. The van der Waals surface area contributed by atoms with E-state index in [4.69, 9.17) is 4.74 Å². The standard InChI is InChI=1S/C25H33N3O5S/c1-19(29)20-8-6-9-22(17-20)26-25(30)28(15-16-33-2)23-11-13-27(14-12-23)18-21-7-4-5-10-24(21)34(3,31)32/h4-10,17,23H,11-16,18H2,1-3H3,(H,26,30). The van der Waals surface area contributed by atoms with Gasteiger partial charge in [0.2, 0.25) is 0 Å². The molecule has 8 nitrogen and oxygen atoms in total. The van der Waals surface area contributed by atoms with Crippen molar-refractivity contribution < 1.29 is 22.7 Å². The maximum atomic E-state index is 13.1. The molecule has 0 atom stereocenters. The van der Waals surface area contributed by atoms with Crippen LogP contribution in [0.4, 0.5) is 10.5 Å². The van der Waals surface area contributed by atoms with Crippen molar-refractivity contribution in [2.24, 2.45) is 0 Å². The third-order valence-corrected chi connectivity index (χ3v) is 7.28. The van der Waals surface area contributed by atoms with E-state index in [9.17, 15) is 18.0 Å². The zero-order valence-corrected chi connectivity index (χ0v) is 20.8. The average molecular weight is 488 g/mol. The number of anilines is 1. The van der Waals surface area contributed by atoms with E-state index >= 15 is 0 Å². The van der Waals surface area contributed by atoms with Crippen LogP contribution in [0.5, 0.6) is 0 Å². The van der Waals surface area contributed by atoms with E-state index in [-0.39, 0.29) is 17.9 Å². The molecule has 0 saturated carbocycles. The molecule has 184 valence electrons. The minimum atomic E-state index is -3.29. The van der Waals surface area contributed by atoms with Gasteiger partial charge in [-0.1, -0.05) is 30.3 Å². The number of carbonyl (C=O) groups is 2. The molecule has 1 heterocycles. The second-order valence-electron chi connectivity index (χ2n) is 8.64. The number of likely N-dealkylation sites (tertiary alicyclic amines) is 1. The smallest absolute Gasteiger partial charge is 0.322 e. The van der Waals surface area contributed by atoms with E-state index in [2.05, 4.69) is 10.2 Å². The minimum absolute atomic E-state index is 0.0348. The molecule has 0 unspecified atom stereocenters. The summed E-state index contributed by atoms with van der Waals surface area (Å²) in [5, 5.41) is 2.92. The summed E-state index contributed by atoms with van der Waals surface area (Å²) in [6.07, 6.45) is 2.77. The quantitative estimate of drug-likeness (QED) is 0.545. The Kier molecular flexibility index (Phi) is 8.82. The van der Waals surface area contributed by atoms with E-state index in [1.54, 1.807) is 48.4 Å². The van der Waals surface area contributed by atoms with Gasteiger partial charge in [-0.2, -0.15) is 0 Å². The van der Waals surface area contributed by atoms with Crippen molar-refractivity contribution in [1.29, 1.82) is 0 Å². The van der Waals surface area contributed by atoms with Crippen LogP contribution < -0.4 is 5.32 Å². The second kappa shape index (κ2) is 11.6. The number of Topliss-reactive ketones (excluding diaryl/α,β-unsaturated/α-hetero) is 1. The van der Waals surface area contributed by atoms with Gasteiger partial charge in [0.15, 0.2) is 15.6 Å². The normalized spacial score (nSPS) is 15.1. The largest absolute Gasteiger partial charge is 0.383 e. The molecule has 0 aliphatic carbocycles. The van der Waals surface area contributed by atoms with Crippen molar-refractivity contribution in [3.63, 3.8) is 0 Å². The lowest BCUT2D eigenvalue weighted by Gasteiger charge is -2.38. The lowest BCUT2D eigenvalue weighted by Crippen LogP contribution is -2.49. The van der Waals surface area contributed by atoms with Gasteiger partial charge in [-0.3, -0.25) is 9.69 Å². The van der Waals surface area contributed by atoms with Gasteiger partial charge < -0.3 is 15.0 Å². The number of ketones is 1. The molecule has 34 heavy (non-hydrogen) atoms. The van der Waals surface area contributed by atoms with Crippen molar-refractivity contribution in [3.05, 3.63) is 59.7 Å². The first kappa shape index (κ1) is 25.9. The Labute approximate surface area is 201 Å². The SMILES string of the molecule is COCCN(C(=O)Nc1cccc(C(C)=O)c1)C1CCN(Cc2ccccc2S(C)(=O)=O)CC1. The first-order valence-corrected chi connectivity index (χ1v) is 13.3. The minimum Gasteiger partial charge on any atom is -0.383 e. The molecule has 0 bridgehead atoms. The molecule has 2 aromatic rings. The van der Waals surface area contributed by atoms with Crippen LogP contribution in [0.1, 0.15) is 35.7 Å². The van der Waals surface area contributed by atoms with Crippen molar-refractivity contribution in [2.45, 2.75) is 37.2 Å². The van der Waals surface area contributed by atoms with E-state index < -0.39 is 9.84 Å². The maximum Gasteiger partial charge on any atom is 0.322 e. The number of urea groups is 1. The highest BCUT2D eigenvalue weighted by Crippen LogP contribution is 2.23. The summed E-state index contributed by atoms with van der Waals surface area (Å²) in [6, 6.07) is 13.8. The molecule has 2 amide bonds. The average Bonchev–Trinajstić information content (AvgIpc) is 2.80. The van der Waals surface area contributed by atoms with Crippen LogP contribution in [0.2, 0.25) is 0 Å². The summed E-state index contributed by atoms with van der Waals surface area (Å²) in [4.78, 5) is 29.2. The number of methoxy groups -OCH3 is 1. The molecule has 1 N–H and O–H groups in total. The number of hydrogen-bond acceptors (Lipinski definition) is 6. The lowest BCUT2D eigenvalue weighted by molar-refractivity contribution is 0.0980. The maximum absolute atomic E-state index is 13.1. The van der Waals surface area contributed by atoms with Gasteiger partial charge >= 0.3 is 6.03 Å². The molecule has 1 saturated heterocycles. The highest BCUT2D eigenvalue weighted by atomic mass is 32.2. The Morgan fingerprint density at radius 1 is 1.12 bits per heavy atom. The number of benzene rings is 2. The van der Waals surface area contributed by atoms with Gasteiger partial charge in [0.1, 0.15) is 0 Å². The van der Waals surface area contributed by atoms with Crippen molar-refractivity contribution in [1.82, 2.24) is 9.80 Å². The van der Waals surface area contributed by atoms with Crippen LogP contribution >= 0.6 is 0 Å².